The molecule has 0 aliphatic carbocycles. The van der Waals surface area contributed by atoms with Crippen LogP contribution in [0.15, 0.2) is 76.3 Å². The number of halogens is 1. The average molecular weight is 575 g/mol. The Morgan fingerprint density at radius 1 is 1.15 bits per heavy atom. The van der Waals surface area contributed by atoms with Gasteiger partial charge in [0.2, 0.25) is 0 Å². The summed E-state index contributed by atoms with van der Waals surface area (Å²) in [4.78, 5) is 18.8. The molecule has 1 amide bonds. The Hall–Kier alpha value is -3.21. The van der Waals surface area contributed by atoms with E-state index in [0.717, 1.165) is 42.5 Å². The highest BCUT2D eigenvalue weighted by molar-refractivity contribution is 14.0. The van der Waals surface area contributed by atoms with Crippen molar-refractivity contribution in [3.63, 3.8) is 0 Å². The Kier molecular flexibility index (Phi) is 9.20. The Morgan fingerprint density at radius 3 is 2.65 bits per heavy atom. The molecule has 1 atom stereocenters. The van der Waals surface area contributed by atoms with Crippen LogP contribution in [0.1, 0.15) is 22.5 Å². The van der Waals surface area contributed by atoms with Gasteiger partial charge in [-0.15, -0.1) is 24.0 Å². The molecule has 0 saturated carbocycles. The largest absolute Gasteiger partial charge is 0.495 e. The van der Waals surface area contributed by atoms with Gasteiger partial charge < -0.3 is 30.0 Å². The van der Waals surface area contributed by atoms with E-state index in [9.17, 15) is 4.79 Å². The van der Waals surface area contributed by atoms with Crippen LogP contribution in [0, 0.1) is 0 Å². The number of hydrogen-bond donors (Lipinski definition) is 3. The van der Waals surface area contributed by atoms with E-state index < -0.39 is 0 Å². The van der Waals surface area contributed by atoms with Crippen molar-refractivity contribution in [1.29, 1.82) is 0 Å². The molecule has 3 N–H and O–H groups in total. The van der Waals surface area contributed by atoms with Gasteiger partial charge in [-0.3, -0.25) is 9.79 Å². The van der Waals surface area contributed by atoms with Gasteiger partial charge in [0.05, 0.1) is 19.1 Å². The molecule has 0 bridgehead atoms. The van der Waals surface area contributed by atoms with Crippen molar-refractivity contribution in [2.24, 2.45) is 4.99 Å². The number of methoxy groups -OCH3 is 1. The van der Waals surface area contributed by atoms with Gasteiger partial charge in [-0.1, -0.05) is 24.3 Å². The lowest BCUT2D eigenvalue weighted by atomic mass is 10.2. The smallest absolute Gasteiger partial charge is 0.291 e. The van der Waals surface area contributed by atoms with E-state index in [4.69, 9.17) is 9.15 Å². The van der Waals surface area contributed by atoms with E-state index in [0.29, 0.717) is 18.3 Å². The van der Waals surface area contributed by atoms with Crippen LogP contribution in [-0.4, -0.2) is 45.2 Å². The number of nitrogens with zero attached hydrogens (tertiary/aromatic N) is 2. The van der Waals surface area contributed by atoms with E-state index in [2.05, 4.69) is 31.9 Å². The minimum atomic E-state index is -0.269. The first-order valence-electron chi connectivity index (χ1n) is 10.9. The summed E-state index contributed by atoms with van der Waals surface area (Å²) in [5.74, 6) is 1.67. The molecule has 2 heterocycles. The first-order valence-corrected chi connectivity index (χ1v) is 10.9. The molecule has 1 unspecified atom stereocenters. The maximum Gasteiger partial charge on any atom is 0.291 e. The van der Waals surface area contributed by atoms with E-state index in [-0.39, 0.29) is 35.6 Å². The number of benzene rings is 2. The van der Waals surface area contributed by atoms with E-state index in [1.54, 1.807) is 26.3 Å². The maximum absolute atomic E-state index is 12.1. The number of amides is 1. The molecule has 1 aliphatic heterocycles. The summed E-state index contributed by atoms with van der Waals surface area (Å²) in [6.45, 7) is 2.46. The zero-order valence-electron chi connectivity index (χ0n) is 19.3. The summed E-state index contributed by atoms with van der Waals surface area (Å²) in [5.41, 5.74) is 2.91. The number of carbonyl (C=O) groups is 1. The van der Waals surface area contributed by atoms with E-state index >= 15 is 0 Å². The van der Waals surface area contributed by atoms with E-state index in [1.165, 1.54) is 6.26 Å². The molecule has 180 valence electrons. The number of para-hydroxylation sites is 2. The summed E-state index contributed by atoms with van der Waals surface area (Å²) in [6, 6.07) is 19.4. The normalized spacial score (nSPS) is 15.4. The van der Waals surface area contributed by atoms with Gasteiger partial charge in [0.25, 0.3) is 5.91 Å². The fourth-order valence-corrected chi connectivity index (χ4v) is 3.87. The number of nitrogens with one attached hydrogen (secondary N) is 3. The molecule has 1 aromatic heterocycles. The lowest BCUT2D eigenvalue weighted by Gasteiger charge is -2.22. The summed E-state index contributed by atoms with van der Waals surface area (Å²) in [7, 11) is 3.48. The Balaban J connectivity index is 0.00000324. The highest BCUT2D eigenvalue weighted by Crippen LogP contribution is 2.30. The number of guanidine groups is 1. The predicted molar refractivity (Wildman–Crippen MR) is 145 cm³/mol. The van der Waals surface area contributed by atoms with Gasteiger partial charge in [0.15, 0.2) is 11.7 Å². The van der Waals surface area contributed by atoms with Crippen molar-refractivity contribution < 1.29 is 13.9 Å². The second-order valence-corrected chi connectivity index (χ2v) is 7.80. The minimum Gasteiger partial charge on any atom is -0.495 e. The highest BCUT2D eigenvalue weighted by atomic mass is 127. The van der Waals surface area contributed by atoms with Crippen LogP contribution in [0.25, 0.3) is 0 Å². The van der Waals surface area contributed by atoms with Crippen molar-refractivity contribution in [3.8, 4) is 5.75 Å². The zero-order chi connectivity index (χ0) is 23.0. The molecular formula is C25H30IN5O3. The molecule has 34 heavy (non-hydrogen) atoms. The zero-order valence-corrected chi connectivity index (χ0v) is 21.6. The number of furan rings is 1. The number of ether oxygens (including phenoxy) is 1. The molecule has 1 saturated heterocycles. The third-order valence-electron chi connectivity index (χ3n) is 5.60. The summed E-state index contributed by atoms with van der Waals surface area (Å²) in [5, 5.41) is 9.70. The van der Waals surface area contributed by atoms with Crippen molar-refractivity contribution in [2.45, 2.75) is 19.0 Å². The second-order valence-electron chi connectivity index (χ2n) is 7.80. The van der Waals surface area contributed by atoms with Gasteiger partial charge in [-0.25, -0.2) is 0 Å². The molecule has 0 radical (unpaired) electrons. The highest BCUT2D eigenvalue weighted by Gasteiger charge is 2.25. The molecule has 3 aromatic rings. The molecule has 1 fully saturated rings. The van der Waals surface area contributed by atoms with Crippen molar-refractivity contribution in [3.05, 3.63) is 78.3 Å². The standard InChI is InChI=1S/C25H29N5O3.HI/c1-26-25(29-20-13-14-30(17-20)21-6-3-4-7-22(21)32-2)27-16-18-9-11-19(12-10-18)28-24(31)23-8-5-15-33-23;/h3-12,15,20H,13-14,16-17H2,1-2H3,(H,28,31)(H2,26,27,29);1H. The lowest BCUT2D eigenvalue weighted by Crippen LogP contribution is -2.44. The molecular weight excluding hydrogens is 545 g/mol. The number of carbonyl (C=O) groups excluding carboxylic acids is 1. The van der Waals surface area contributed by atoms with Crippen LogP contribution in [-0.2, 0) is 6.54 Å². The Labute approximate surface area is 216 Å². The monoisotopic (exact) mass is 575 g/mol. The maximum atomic E-state index is 12.1. The van der Waals surface area contributed by atoms with Crippen LogP contribution in [0.4, 0.5) is 11.4 Å². The summed E-state index contributed by atoms with van der Waals surface area (Å²) in [6.07, 6.45) is 2.50. The number of anilines is 2. The topological polar surface area (TPSA) is 91.1 Å². The van der Waals surface area contributed by atoms with Gasteiger partial charge in [-0.05, 0) is 48.4 Å². The third-order valence-corrected chi connectivity index (χ3v) is 5.60. The van der Waals surface area contributed by atoms with Gasteiger partial charge >= 0.3 is 0 Å². The van der Waals surface area contributed by atoms with Crippen LogP contribution >= 0.6 is 24.0 Å². The number of rotatable bonds is 7. The lowest BCUT2D eigenvalue weighted by molar-refractivity contribution is 0.0996. The van der Waals surface area contributed by atoms with Crippen LogP contribution < -0.4 is 25.6 Å². The Bertz CT molecular complexity index is 1090. The fraction of sp³-hybridized carbons (Fsp3) is 0.280. The quantitative estimate of drug-likeness (QED) is 0.223. The Morgan fingerprint density at radius 2 is 1.94 bits per heavy atom. The SMILES string of the molecule is CN=C(NCc1ccc(NC(=O)c2ccco2)cc1)NC1CCN(c2ccccc2OC)C1.I. The first kappa shape index (κ1) is 25.4. The summed E-state index contributed by atoms with van der Waals surface area (Å²) < 4.78 is 10.6. The second kappa shape index (κ2) is 12.3. The van der Waals surface area contributed by atoms with Gasteiger partial charge in [-0.2, -0.15) is 0 Å². The van der Waals surface area contributed by atoms with Crippen LogP contribution in [0.5, 0.6) is 5.75 Å². The fourth-order valence-electron chi connectivity index (χ4n) is 3.87. The van der Waals surface area contributed by atoms with Gasteiger partial charge in [0.1, 0.15) is 5.75 Å². The molecule has 2 aromatic carbocycles. The average Bonchev–Trinajstić information content (AvgIpc) is 3.55. The van der Waals surface area contributed by atoms with Crippen molar-refractivity contribution >= 4 is 47.2 Å². The van der Waals surface area contributed by atoms with Crippen LogP contribution in [0.2, 0.25) is 0 Å². The summed E-state index contributed by atoms with van der Waals surface area (Å²) >= 11 is 0. The number of hydrogen-bond acceptors (Lipinski definition) is 5. The van der Waals surface area contributed by atoms with Crippen molar-refractivity contribution in [1.82, 2.24) is 10.6 Å². The third kappa shape index (κ3) is 6.43. The van der Waals surface area contributed by atoms with Gasteiger partial charge in [0, 0.05) is 38.4 Å². The molecule has 4 rings (SSSR count). The molecule has 9 heteroatoms. The molecule has 0 spiro atoms. The van der Waals surface area contributed by atoms with E-state index in [1.807, 2.05) is 42.5 Å². The molecule has 1 aliphatic rings. The minimum absolute atomic E-state index is 0. The molecule has 8 nitrogen and oxygen atoms in total. The number of aliphatic imine (C=N–C) groups is 1. The van der Waals surface area contributed by atoms with Crippen LogP contribution in [0.3, 0.4) is 0 Å². The first-order chi connectivity index (χ1) is 16.2. The van der Waals surface area contributed by atoms with Crippen molar-refractivity contribution in [2.75, 3.05) is 37.5 Å². The predicted octanol–water partition coefficient (Wildman–Crippen LogP) is 4.10.